The minimum atomic E-state index is -0.288. The van der Waals surface area contributed by atoms with E-state index in [0.717, 1.165) is 16.5 Å². The van der Waals surface area contributed by atoms with Crippen LogP contribution in [0, 0.1) is 11.8 Å². The fourth-order valence-corrected chi connectivity index (χ4v) is 4.26. The van der Waals surface area contributed by atoms with Gasteiger partial charge in [0.25, 0.3) is 0 Å². The molecule has 2 aliphatic heterocycles. The molecular weight excluding hydrogens is 364 g/mol. The van der Waals surface area contributed by atoms with Crippen LogP contribution in [-0.4, -0.2) is 37.7 Å². The number of ether oxygens (including phenoxy) is 4. The van der Waals surface area contributed by atoms with Crippen LogP contribution in [0.4, 0.5) is 0 Å². The number of hydrogen-bond acceptors (Lipinski definition) is 5. The second-order valence-corrected chi connectivity index (χ2v) is 7.11. The van der Waals surface area contributed by atoms with Crippen molar-refractivity contribution in [3.63, 3.8) is 0 Å². The van der Waals surface area contributed by atoms with Crippen LogP contribution in [0.15, 0.2) is 28.7 Å². The standard InChI is InChI=1S/C17H19BrO5/c18-12-4-2-1-3-10(12)9-22-14-8-13-11(7-15(19)23-13)16(14)17-20-5-6-21-17/h1-4,11,13-14,16-17H,5-9H2. The van der Waals surface area contributed by atoms with Crippen molar-refractivity contribution in [1.29, 1.82) is 0 Å². The minimum absolute atomic E-state index is 0.0201. The van der Waals surface area contributed by atoms with Crippen LogP contribution in [0.3, 0.4) is 0 Å². The van der Waals surface area contributed by atoms with Gasteiger partial charge in [-0.2, -0.15) is 0 Å². The lowest BCUT2D eigenvalue weighted by atomic mass is 9.91. The van der Waals surface area contributed by atoms with Crippen molar-refractivity contribution < 1.29 is 23.7 Å². The molecule has 0 amide bonds. The summed E-state index contributed by atoms with van der Waals surface area (Å²) in [5, 5.41) is 0. The number of rotatable bonds is 4. The van der Waals surface area contributed by atoms with Gasteiger partial charge in [0.2, 0.25) is 0 Å². The van der Waals surface area contributed by atoms with Gasteiger partial charge >= 0.3 is 5.97 Å². The molecule has 0 spiro atoms. The summed E-state index contributed by atoms with van der Waals surface area (Å²) in [5.41, 5.74) is 1.11. The predicted molar refractivity (Wildman–Crippen MR) is 84.5 cm³/mol. The number of esters is 1. The summed E-state index contributed by atoms with van der Waals surface area (Å²) >= 11 is 3.54. The highest BCUT2D eigenvalue weighted by Gasteiger charge is 2.54. The van der Waals surface area contributed by atoms with Crippen molar-refractivity contribution in [1.82, 2.24) is 0 Å². The Morgan fingerprint density at radius 3 is 2.78 bits per heavy atom. The third-order valence-electron chi connectivity index (χ3n) is 4.92. The van der Waals surface area contributed by atoms with E-state index < -0.39 is 0 Å². The Labute approximate surface area is 143 Å². The van der Waals surface area contributed by atoms with Crippen molar-refractivity contribution in [3.8, 4) is 0 Å². The van der Waals surface area contributed by atoms with E-state index in [0.29, 0.717) is 26.2 Å². The van der Waals surface area contributed by atoms with Gasteiger partial charge in [0, 0.05) is 22.7 Å². The summed E-state index contributed by atoms with van der Waals surface area (Å²) < 4.78 is 24.1. The molecule has 2 saturated heterocycles. The van der Waals surface area contributed by atoms with Gasteiger partial charge in [-0.05, 0) is 11.6 Å². The molecule has 3 fully saturated rings. The van der Waals surface area contributed by atoms with Gasteiger partial charge in [0.1, 0.15) is 6.10 Å². The molecule has 5 nitrogen and oxygen atoms in total. The van der Waals surface area contributed by atoms with Crippen molar-refractivity contribution in [2.45, 2.75) is 37.9 Å². The van der Waals surface area contributed by atoms with Crippen LogP contribution < -0.4 is 0 Å². The van der Waals surface area contributed by atoms with Crippen molar-refractivity contribution in [2.24, 2.45) is 11.8 Å². The van der Waals surface area contributed by atoms with Crippen LogP contribution in [0.5, 0.6) is 0 Å². The largest absolute Gasteiger partial charge is 0.462 e. The Balaban J connectivity index is 1.48. The van der Waals surface area contributed by atoms with E-state index in [2.05, 4.69) is 15.9 Å². The second kappa shape index (κ2) is 6.51. The topological polar surface area (TPSA) is 54.0 Å². The van der Waals surface area contributed by atoms with Gasteiger partial charge in [0.15, 0.2) is 6.29 Å². The molecule has 1 aromatic carbocycles. The van der Waals surface area contributed by atoms with Crippen molar-refractivity contribution in [2.75, 3.05) is 13.2 Å². The highest BCUT2D eigenvalue weighted by atomic mass is 79.9. The molecule has 0 bridgehead atoms. The molecule has 3 aliphatic rings. The summed E-state index contributed by atoms with van der Waals surface area (Å²) in [6.07, 6.45) is 0.781. The van der Waals surface area contributed by atoms with E-state index in [1.165, 1.54) is 0 Å². The third-order valence-corrected chi connectivity index (χ3v) is 5.70. The average Bonchev–Trinajstić information content (AvgIpc) is 3.22. The Hall–Kier alpha value is -0.950. The lowest BCUT2D eigenvalue weighted by molar-refractivity contribution is -0.144. The molecule has 0 radical (unpaired) electrons. The zero-order chi connectivity index (χ0) is 15.8. The Morgan fingerprint density at radius 2 is 2.00 bits per heavy atom. The van der Waals surface area contributed by atoms with Crippen LogP contribution in [0.2, 0.25) is 0 Å². The zero-order valence-corrected chi connectivity index (χ0v) is 14.2. The molecule has 1 aliphatic carbocycles. The predicted octanol–water partition coefficient (Wildman–Crippen LogP) is 2.66. The number of benzene rings is 1. The van der Waals surface area contributed by atoms with Crippen LogP contribution >= 0.6 is 15.9 Å². The van der Waals surface area contributed by atoms with E-state index in [-0.39, 0.29) is 36.3 Å². The summed E-state index contributed by atoms with van der Waals surface area (Å²) in [6, 6.07) is 8.02. The summed E-state index contributed by atoms with van der Waals surface area (Å²) in [4.78, 5) is 11.6. The molecular formula is C17H19BrO5. The first-order chi connectivity index (χ1) is 11.2. The van der Waals surface area contributed by atoms with Gasteiger partial charge < -0.3 is 18.9 Å². The number of carbonyl (C=O) groups excluding carboxylic acids is 1. The zero-order valence-electron chi connectivity index (χ0n) is 12.7. The van der Waals surface area contributed by atoms with Gasteiger partial charge in [-0.25, -0.2) is 0 Å². The molecule has 2 heterocycles. The number of fused-ring (bicyclic) bond motifs is 1. The average molecular weight is 383 g/mol. The SMILES string of the molecule is O=C1CC2C(CC(OCc3ccccc3Br)C2C2OCCO2)O1. The smallest absolute Gasteiger partial charge is 0.306 e. The fraction of sp³-hybridized carbons (Fsp3) is 0.588. The summed E-state index contributed by atoms with van der Waals surface area (Å²) in [5.74, 6) is 0.0681. The number of hydrogen-bond donors (Lipinski definition) is 0. The number of carbonyl (C=O) groups is 1. The molecule has 0 aromatic heterocycles. The fourth-order valence-electron chi connectivity index (χ4n) is 3.86. The highest BCUT2D eigenvalue weighted by Crippen LogP contribution is 2.46. The number of halogens is 1. The van der Waals surface area contributed by atoms with E-state index in [1.54, 1.807) is 0 Å². The monoisotopic (exact) mass is 382 g/mol. The Morgan fingerprint density at radius 1 is 1.22 bits per heavy atom. The quantitative estimate of drug-likeness (QED) is 0.749. The lowest BCUT2D eigenvalue weighted by Crippen LogP contribution is -2.34. The van der Waals surface area contributed by atoms with Gasteiger partial charge in [0.05, 0.1) is 32.3 Å². The van der Waals surface area contributed by atoms with Gasteiger partial charge in [-0.3, -0.25) is 4.79 Å². The molecule has 1 aromatic rings. The minimum Gasteiger partial charge on any atom is -0.462 e. The molecule has 6 heteroatoms. The first-order valence-corrected chi connectivity index (χ1v) is 8.79. The van der Waals surface area contributed by atoms with E-state index >= 15 is 0 Å². The Kier molecular flexibility index (Phi) is 4.41. The summed E-state index contributed by atoms with van der Waals surface area (Å²) in [7, 11) is 0. The van der Waals surface area contributed by atoms with Crippen LogP contribution in [0.1, 0.15) is 18.4 Å². The van der Waals surface area contributed by atoms with E-state index in [9.17, 15) is 4.79 Å². The van der Waals surface area contributed by atoms with Gasteiger partial charge in [-0.15, -0.1) is 0 Å². The van der Waals surface area contributed by atoms with Gasteiger partial charge in [-0.1, -0.05) is 34.1 Å². The van der Waals surface area contributed by atoms with E-state index in [4.69, 9.17) is 18.9 Å². The molecule has 124 valence electrons. The molecule has 4 rings (SSSR count). The maximum Gasteiger partial charge on any atom is 0.306 e. The second-order valence-electron chi connectivity index (χ2n) is 6.26. The molecule has 0 N–H and O–H groups in total. The maximum absolute atomic E-state index is 11.6. The van der Waals surface area contributed by atoms with Crippen LogP contribution in [-0.2, 0) is 30.3 Å². The Bertz CT molecular complexity index is 586. The van der Waals surface area contributed by atoms with Crippen LogP contribution in [0.25, 0.3) is 0 Å². The lowest BCUT2D eigenvalue weighted by Gasteiger charge is -2.27. The molecule has 4 unspecified atom stereocenters. The van der Waals surface area contributed by atoms with E-state index in [1.807, 2.05) is 24.3 Å². The highest BCUT2D eigenvalue weighted by molar-refractivity contribution is 9.10. The molecule has 1 saturated carbocycles. The summed E-state index contributed by atoms with van der Waals surface area (Å²) in [6.45, 7) is 1.72. The first-order valence-electron chi connectivity index (χ1n) is 8.00. The molecule has 4 atom stereocenters. The maximum atomic E-state index is 11.6. The van der Waals surface area contributed by atoms with Crippen molar-refractivity contribution in [3.05, 3.63) is 34.3 Å². The first kappa shape index (κ1) is 15.6. The third kappa shape index (κ3) is 3.05. The molecule has 23 heavy (non-hydrogen) atoms. The van der Waals surface area contributed by atoms with Crippen molar-refractivity contribution >= 4 is 21.9 Å². The normalized spacial score (nSPS) is 33.9.